The van der Waals surface area contributed by atoms with E-state index in [1.807, 2.05) is 42.2 Å². The normalized spacial score (nSPS) is 17.4. The van der Waals surface area contributed by atoms with Gasteiger partial charge in [-0.15, -0.1) is 16.4 Å². The molecule has 0 aliphatic carbocycles. The number of nitrogens with zero attached hydrogens (tertiary/aromatic N) is 6. The van der Waals surface area contributed by atoms with Crippen LogP contribution in [0.25, 0.3) is 27.6 Å². The van der Waals surface area contributed by atoms with Crippen LogP contribution in [0.5, 0.6) is 0 Å². The molecular weight excluding hydrogens is 388 g/mol. The van der Waals surface area contributed by atoms with E-state index < -0.39 is 0 Å². The van der Waals surface area contributed by atoms with Crippen molar-refractivity contribution in [3.05, 3.63) is 46.5 Å². The van der Waals surface area contributed by atoms with Crippen molar-refractivity contribution in [2.75, 3.05) is 6.61 Å². The van der Waals surface area contributed by atoms with Crippen molar-refractivity contribution in [1.82, 2.24) is 28.9 Å². The number of hydrogen-bond donors (Lipinski definition) is 0. The molecule has 5 heterocycles. The summed E-state index contributed by atoms with van der Waals surface area (Å²) in [5, 5.41) is 11.3. The number of fused-ring (bicyclic) bond motifs is 1. The molecule has 4 aromatic heterocycles. The second-order valence-electron chi connectivity index (χ2n) is 7.48. The van der Waals surface area contributed by atoms with Crippen molar-refractivity contribution in [1.29, 1.82) is 0 Å². The molecule has 5 rings (SSSR count). The standard InChI is InChI=1S/C20H22N6O2S/c1-13(2)25-18(16-6-5-9-29-16)23-26-15(11-21-19(26)20(25)27)14-10-22-24(12-14)17-7-3-4-8-28-17/h5-6,9-13,17H,3-4,7-8H2,1-2H3. The SMILES string of the molecule is CC(C)n1c(-c2cccs2)nn2c(-c3cnn(C4CCCCO4)c3)cnc2c1=O. The van der Waals surface area contributed by atoms with Gasteiger partial charge >= 0.3 is 0 Å². The quantitative estimate of drug-likeness (QED) is 0.512. The molecule has 8 nitrogen and oxygen atoms in total. The van der Waals surface area contributed by atoms with E-state index in [1.54, 1.807) is 32.8 Å². The van der Waals surface area contributed by atoms with E-state index in [2.05, 4.69) is 10.1 Å². The zero-order chi connectivity index (χ0) is 20.0. The van der Waals surface area contributed by atoms with Gasteiger partial charge in [-0.2, -0.15) is 5.10 Å². The van der Waals surface area contributed by atoms with Crippen LogP contribution < -0.4 is 5.56 Å². The topological polar surface area (TPSA) is 79.2 Å². The van der Waals surface area contributed by atoms with Crippen molar-refractivity contribution in [3.8, 4) is 22.0 Å². The van der Waals surface area contributed by atoms with Crippen molar-refractivity contribution in [3.63, 3.8) is 0 Å². The number of ether oxygens (including phenoxy) is 1. The van der Waals surface area contributed by atoms with Crippen LogP contribution in [-0.4, -0.2) is 35.6 Å². The number of rotatable bonds is 4. The predicted molar refractivity (Wildman–Crippen MR) is 111 cm³/mol. The third-order valence-corrected chi connectivity index (χ3v) is 6.04. The number of aromatic nitrogens is 6. The molecule has 1 atom stereocenters. The molecule has 0 amide bonds. The summed E-state index contributed by atoms with van der Waals surface area (Å²) in [6, 6.07) is 3.92. The van der Waals surface area contributed by atoms with Crippen LogP contribution in [0.15, 0.2) is 40.9 Å². The van der Waals surface area contributed by atoms with Gasteiger partial charge in [0.25, 0.3) is 5.56 Å². The predicted octanol–water partition coefficient (Wildman–Crippen LogP) is 3.76. The highest BCUT2D eigenvalue weighted by Gasteiger charge is 2.21. The van der Waals surface area contributed by atoms with Gasteiger partial charge in [-0.1, -0.05) is 6.07 Å². The minimum absolute atomic E-state index is 0.0246. The highest BCUT2D eigenvalue weighted by atomic mass is 32.1. The largest absolute Gasteiger partial charge is 0.357 e. The van der Waals surface area contributed by atoms with Crippen LogP contribution in [0, 0.1) is 0 Å². The van der Waals surface area contributed by atoms with Gasteiger partial charge in [-0.25, -0.2) is 14.2 Å². The molecule has 0 radical (unpaired) electrons. The van der Waals surface area contributed by atoms with Crippen LogP contribution in [0.1, 0.15) is 45.4 Å². The zero-order valence-electron chi connectivity index (χ0n) is 16.4. The minimum Gasteiger partial charge on any atom is -0.357 e. The van der Waals surface area contributed by atoms with Crippen molar-refractivity contribution < 1.29 is 4.74 Å². The lowest BCUT2D eigenvalue weighted by Crippen LogP contribution is -2.27. The fourth-order valence-electron chi connectivity index (χ4n) is 3.75. The molecule has 0 aromatic carbocycles. The summed E-state index contributed by atoms with van der Waals surface area (Å²) in [6.45, 7) is 4.72. The number of thiophene rings is 1. The Kier molecular flexibility index (Phi) is 4.56. The van der Waals surface area contributed by atoms with Crippen molar-refractivity contribution in [2.45, 2.75) is 45.4 Å². The molecule has 0 bridgehead atoms. The Bertz CT molecular complexity index is 1200. The molecular formula is C20H22N6O2S. The number of hydrogen-bond acceptors (Lipinski definition) is 6. The molecule has 4 aromatic rings. The Morgan fingerprint density at radius 2 is 2.17 bits per heavy atom. The lowest BCUT2D eigenvalue weighted by atomic mass is 10.2. The Morgan fingerprint density at radius 1 is 1.28 bits per heavy atom. The molecule has 0 saturated carbocycles. The molecule has 1 aliphatic heterocycles. The Hall–Kier alpha value is -2.78. The molecule has 1 unspecified atom stereocenters. The summed E-state index contributed by atoms with van der Waals surface area (Å²) in [5.41, 5.74) is 1.77. The van der Waals surface area contributed by atoms with E-state index in [-0.39, 0.29) is 17.8 Å². The zero-order valence-corrected chi connectivity index (χ0v) is 17.2. The van der Waals surface area contributed by atoms with E-state index in [1.165, 1.54) is 0 Å². The fourth-order valence-corrected chi connectivity index (χ4v) is 4.45. The molecule has 0 spiro atoms. The molecule has 0 N–H and O–H groups in total. The van der Waals surface area contributed by atoms with Gasteiger partial charge in [0.1, 0.15) is 6.23 Å². The second kappa shape index (κ2) is 7.23. The summed E-state index contributed by atoms with van der Waals surface area (Å²) >= 11 is 1.56. The van der Waals surface area contributed by atoms with Gasteiger partial charge in [0.2, 0.25) is 5.65 Å². The third-order valence-electron chi connectivity index (χ3n) is 5.18. The van der Waals surface area contributed by atoms with E-state index in [0.29, 0.717) is 11.5 Å². The molecule has 150 valence electrons. The summed E-state index contributed by atoms with van der Waals surface area (Å²) < 4.78 is 11.0. The first-order valence-corrected chi connectivity index (χ1v) is 10.7. The van der Waals surface area contributed by atoms with E-state index in [4.69, 9.17) is 9.84 Å². The monoisotopic (exact) mass is 410 g/mol. The lowest BCUT2D eigenvalue weighted by Gasteiger charge is -2.22. The van der Waals surface area contributed by atoms with E-state index in [0.717, 1.165) is 42.0 Å². The summed E-state index contributed by atoms with van der Waals surface area (Å²) in [7, 11) is 0. The maximum Gasteiger partial charge on any atom is 0.297 e. The van der Waals surface area contributed by atoms with Crippen LogP contribution in [0.2, 0.25) is 0 Å². The summed E-state index contributed by atoms with van der Waals surface area (Å²) in [5.74, 6) is 0.648. The molecule has 29 heavy (non-hydrogen) atoms. The Labute approximate surface area is 171 Å². The van der Waals surface area contributed by atoms with Crippen LogP contribution in [-0.2, 0) is 4.74 Å². The molecule has 1 fully saturated rings. The summed E-state index contributed by atoms with van der Waals surface area (Å²) in [4.78, 5) is 18.5. The number of imidazole rings is 1. The van der Waals surface area contributed by atoms with Gasteiger partial charge < -0.3 is 4.74 Å². The summed E-state index contributed by atoms with van der Waals surface area (Å²) in [6.07, 6.45) is 8.56. The Morgan fingerprint density at radius 3 is 2.90 bits per heavy atom. The van der Waals surface area contributed by atoms with Crippen LogP contribution >= 0.6 is 11.3 Å². The highest BCUT2D eigenvalue weighted by molar-refractivity contribution is 7.13. The molecule has 1 saturated heterocycles. The first-order chi connectivity index (χ1) is 14.1. The van der Waals surface area contributed by atoms with Crippen molar-refractivity contribution in [2.24, 2.45) is 0 Å². The van der Waals surface area contributed by atoms with E-state index >= 15 is 0 Å². The smallest absolute Gasteiger partial charge is 0.297 e. The van der Waals surface area contributed by atoms with Crippen LogP contribution in [0.4, 0.5) is 0 Å². The van der Waals surface area contributed by atoms with E-state index in [9.17, 15) is 4.79 Å². The van der Waals surface area contributed by atoms with Gasteiger partial charge in [0, 0.05) is 24.4 Å². The maximum atomic E-state index is 13.2. The molecule has 9 heteroatoms. The first kappa shape index (κ1) is 18.3. The second-order valence-corrected chi connectivity index (χ2v) is 8.43. The average Bonchev–Trinajstić information content (AvgIpc) is 3.47. The maximum absolute atomic E-state index is 13.2. The highest BCUT2D eigenvalue weighted by Crippen LogP contribution is 2.27. The van der Waals surface area contributed by atoms with Crippen LogP contribution in [0.3, 0.4) is 0 Å². The first-order valence-electron chi connectivity index (χ1n) is 9.84. The fraction of sp³-hybridized carbons (Fsp3) is 0.400. The van der Waals surface area contributed by atoms with Gasteiger partial charge in [0.15, 0.2) is 5.82 Å². The lowest BCUT2D eigenvalue weighted by molar-refractivity contribution is -0.0394. The molecule has 1 aliphatic rings. The average molecular weight is 411 g/mol. The Balaban J connectivity index is 1.65. The van der Waals surface area contributed by atoms with Gasteiger partial charge in [0.05, 0.1) is 23.0 Å². The third kappa shape index (κ3) is 3.10. The van der Waals surface area contributed by atoms with Crippen molar-refractivity contribution >= 4 is 17.0 Å². The minimum atomic E-state index is -0.146. The van der Waals surface area contributed by atoms with Gasteiger partial charge in [-0.3, -0.25) is 9.36 Å². The van der Waals surface area contributed by atoms with Gasteiger partial charge in [-0.05, 0) is 44.6 Å².